The highest BCUT2D eigenvalue weighted by Gasteiger charge is 2.40. The molecule has 1 atom stereocenters. The van der Waals surface area contributed by atoms with E-state index in [0.29, 0.717) is 0 Å². The van der Waals surface area contributed by atoms with E-state index in [9.17, 15) is 17.6 Å². The molecular weight excluding hydrogens is 252 g/mol. The molecule has 1 aromatic rings. The van der Waals surface area contributed by atoms with Crippen molar-refractivity contribution in [2.45, 2.75) is 6.18 Å². The molecule has 0 aliphatic carbocycles. The minimum Gasteiger partial charge on any atom is -0.492 e. The monoisotopic (exact) mass is 258 g/mol. The van der Waals surface area contributed by atoms with Crippen LogP contribution in [-0.4, -0.2) is 12.8 Å². The average Bonchev–Trinajstić information content (AvgIpc) is 2.28. The standard InChI is InChI=1S/C11H6F4N2O/c12-10-3-9(2-1-7(10)4-16)18-6-8(5-17)11(13,14)15/h1-3,8H,6H2. The van der Waals surface area contributed by atoms with Gasteiger partial charge in [0.15, 0.2) is 5.92 Å². The zero-order valence-corrected chi connectivity index (χ0v) is 8.83. The average molecular weight is 258 g/mol. The van der Waals surface area contributed by atoms with Crippen LogP contribution in [0.4, 0.5) is 17.6 Å². The fraction of sp³-hybridized carbons (Fsp3) is 0.273. The molecule has 0 saturated heterocycles. The summed E-state index contributed by atoms with van der Waals surface area (Å²) < 4.78 is 54.4. The molecule has 0 bridgehead atoms. The summed E-state index contributed by atoms with van der Waals surface area (Å²) in [4.78, 5) is 0. The van der Waals surface area contributed by atoms with E-state index in [1.165, 1.54) is 0 Å². The molecule has 0 N–H and O–H groups in total. The Morgan fingerprint density at radius 2 is 1.94 bits per heavy atom. The van der Waals surface area contributed by atoms with Gasteiger partial charge in [-0.1, -0.05) is 0 Å². The Labute approximate surface area is 99.8 Å². The second kappa shape index (κ2) is 5.37. The third-order valence-corrected chi connectivity index (χ3v) is 2.03. The van der Waals surface area contributed by atoms with Gasteiger partial charge in [-0.05, 0) is 12.1 Å². The Balaban J connectivity index is 2.73. The van der Waals surface area contributed by atoms with Crippen LogP contribution in [0, 0.1) is 34.4 Å². The Morgan fingerprint density at radius 3 is 2.39 bits per heavy atom. The van der Waals surface area contributed by atoms with Gasteiger partial charge in [-0.15, -0.1) is 0 Å². The first-order valence-corrected chi connectivity index (χ1v) is 4.67. The predicted octanol–water partition coefficient (Wildman–Crippen LogP) is 2.78. The van der Waals surface area contributed by atoms with Gasteiger partial charge in [0.25, 0.3) is 0 Å². The molecule has 1 unspecified atom stereocenters. The third kappa shape index (κ3) is 3.36. The minimum absolute atomic E-state index is 0.170. The molecule has 1 aromatic carbocycles. The molecule has 3 nitrogen and oxygen atoms in total. The van der Waals surface area contributed by atoms with Crippen molar-refractivity contribution >= 4 is 0 Å². The molecule has 0 fully saturated rings. The number of ether oxygens (including phenoxy) is 1. The molecule has 0 radical (unpaired) electrons. The number of alkyl halides is 3. The van der Waals surface area contributed by atoms with Crippen molar-refractivity contribution in [3.63, 3.8) is 0 Å². The molecule has 0 heterocycles. The van der Waals surface area contributed by atoms with Crippen LogP contribution in [0.5, 0.6) is 5.75 Å². The van der Waals surface area contributed by atoms with E-state index in [1.807, 2.05) is 0 Å². The van der Waals surface area contributed by atoms with Crippen molar-refractivity contribution < 1.29 is 22.3 Å². The molecule has 0 spiro atoms. The van der Waals surface area contributed by atoms with Gasteiger partial charge in [0.05, 0.1) is 11.6 Å². The molecule has 0 aliphatic rings. The van der Waals surface area contributed by atoms with Crippen LogP contribution in [0.1, 0.15) is 5.56 Å². The first-order valence-electron chi connectivity index (χ1n) is 4.67. The molecule has 0 amide bonds. The summed E-state index contributed by atoms with van der Waals surface area (Å²) in [6.45, 7) is -0.925. The summed E-state index contributed by atoms with van der Waals surface area (Å²) in [6.07, 6.45) is -4.69. The lowest BCUT2D eigenvalue weighted by Gasteiger charge is -2.14. The van der Waals surface area contributed by atoms with Crippen molar-refractivity contribution in [2.75, 3.05) is 6.61 Å². The second-order valence-electron chi connectivity index (χ2n) is 3.29. The van der Waals surface area contributed by atoms with Crippen LogP contribution >= 0.6 is 0 Å². The fourth-order valence-corrected chi connectivity index (χ4v) is 1.06. The normalized spacial score (nSPS) is 12.3. The van der Waals surface area contributed by atoms with Gasteiger partial charge < -0.3 is 4.74 Å². The van der Waals surface area contributed by atoms with Gasteiger partial charge in [0, 0.05) is 6.07 Å². The van der Waals surface area contributed by atoms with E-state index < -0.39 is 24.5 Å². The number of hydrogen-bond donors (Lipinski definition) is 0. The van der Waals surface area contributed by atoms with Crippen LogP contribution in [0.3, 0.4) is 0 Å². The fourth-order valence-electron chi connectivity index (χ4n) is 1.06. The van der Waals surface area contributed by atoms with Crippen LogP contribution in [0.25, 0.3) is 0 Å². The molecule has 7 heteroatoms. The summed E-state index contributed by atoms with van der Waals surface area (Å²) in [6, 6.07) is 5.65. The number of nitriles is 2. The van der Waals surface area contributed by atoms with Crippen LogP contribution in [0.2, 0.25) is 0 Å². The van der Waals surface area contributed by atoms with Crippen LogP contribution in [0.15, 0.2) is 18.2 Å². The molecule has 18 heavy (non-hydrogen) atoms. The SMILES string of the molecule is N#Cc1ccc(OCC(C#N)C(F)(F)F)cc1F. The quantitative estimate of drug-likeness (QED) is 0.783. The molecular formula is C11H6F4N2O. The number of benzene rings is 1. The molecule has 0 saturated carbocycles. The van der Waals surface area contributed by atoms with E-state index in [2.05, 4.69) is 4.74 Å². The van der Waals surface area contributed by atoms with E-state index >= 15 is 0 Å². The van der Waals surface area contributed by atoms with Gasteiger partial charge in [-0.3, -0.25) is 0 Å². The molecule has 0 aliphatic heterocycles. The van der Waals surface area contributed by atoms with Crippen molar-refractivity contribution in [3.05, 3.63) is 29.6 Å². The number of hydrogen-bond acceptors (Lipinski definition) is 3. The zero-order chi connectivity index (χ0) is 13.8. The number of rotatable bonds is 3. The van der Waals surface area contributed by atoms with E-state index in [0.717, 1.165) is 24.3 Å². The number of nitrogens with zero attached hydrogens (tertiary/aromatic N) is 2. The zero-order valence-electron chi connectivity index (χ0n) is 8.83. The van der Waals surface area contributed by atoms with Crippen LogP contribution in [-0.2, 0) is 0 Å². The van der Waals surface area contributed by atoms with Crippen molar-refractivity contribution in [2.24, 2.45) is 5.92 Å². The first-order chi connectivity index (χ1) is 8.38. The van der Waals surface area contributed by atoms with Crippen molar-refractivity contribution in [3.8, 4) is 17.9 Å². The third-order valence-electron chi connectivity index (χ3n) is 2.03. The van der Waals surface area contributed by atoms with Crippen LogP contribution < -0.4 is 4.74 Å². The highest BCUT2D eigenvalue weighted by molar-refractivity contribution is 5.36. The minimum atomic E-state index is -4.69. The molecule has 1 rings (SSSR count). The lowest BCUT2D eigenvalue weighted by Crippen LogP contribution is -2.27. The van der Waals surface area contributed by atoms with Gasteiger partial charge in [0.1, 0.15) is 24.2 Å². The van der Waals surface area contributed by atoms with Crippen molar-refractivity contribution in [1.82, 2.24) is 0 Å². The Bertz CT molecular complexity index is 513. The highest BCUT2D eigenvalue weighted by atomic mass is 19.4. The maximum absolute atomic E-state index is 13.1. The maximum Gasteiger partial charge on any atom is 0.407 e. The Morgan fingerprint density at radius 1 is 1.28 bits per heavy atom. The van der Waals surface area contributed by atoms with Crippen molar-refractivity contribution in [1.29, 1.82) is 10.5 Å². The van der Waals surface area contributed by atoms with Gasteiger partial charge in [0.2, 0.25) is 0 Å². The lowest BCUT2D eigenvalue weighted by molar-refractivity contribution is -0.165. The second-order valence-corrected chi connectivity index (χ2v) is 3.29. The highest BCUT2D eigenvalue weighted by Crippen LogP contribution is 2.26. The first kappa shape index (κ1) is 13.8. The van der Waals surface area contributed by atoms with E-state index in [1.54, 1.807) is 6.07 Å². The van der Waals surface area contributed by atoms with E-state index in [-0.39, 0.29) is 11.3 Å². The Kier molecular flexibility index (Phi) is 4.11. The maximum atomic E-state index is 13.1. The molecule has 0 aromatic heterocycles. The predicted molar refractivity (Wildman–Crippen MR) is 51.8 cm³/mol. The van der Waals surface area contributed by atoms with Gasteiger partial charge >= 0.3 is 6.18 Å². The number of halogens is 4. The molecule has 94 valence electrons. The van der Waals surface area contributed by atoms with E-state index in [4.69, 9.17) is 10.5 Å². The lowest BCUT2D eigenvalue weighted by atomic mass is 10.2. The summed E-state index contributed by atoms with van der Waals surface area (Å²) in [5.74, 6) is -3.34. The topological polar surface area (TPSA) is 56.8 Å². The Hall–Kier alpha value is -2.28. The smallest absolute Gasteiger partial charge is 0.407 e. The van der Waals surface area contributed by atoms with Gasteiger partial charge in [-0.2, -0.15) is 23.7 Å². The van der Waals surface area contributed by atoms with Gasteiger partial charge in [-0.25, -0.2) is 4.39 Å². The summed E-state index contributed by atoms with van der Waals surface area (Å²) in [7, 11) is 0. The largest absolute Gasteiger partial charge is 0.492 e. The summed E-state index contributed by atoms with van der Waals surface area (Å²) in [5.41, 5.74) is -0.241. The summed E-state index contributed by atoms with van der Waals surface area (Å²) >= 11 is 0. The summed E-state index contributed by atoms with van der Waals surface area (Å²) in [5, 5.41) is 16.8.